The van der Waals surface area contributed by atoms with Crippen molar-refractivity contribution >= 4 is 5.82 Å². The van der Waals surface area contributed by atoms with Gasteiger partial charge in [0.05, 0.1) is 6.61 Å². The highest BCUT2D eigenvalue weighted by Gasteiger charge is 2.10. The predicted octanol–water partition coefficient (Wildman–Crippen LogP) is 3.64. The molecule has 94 valence electrons. The number of pyridine rings is 1. The van der Waals surface area contributed by atoms with Crippen LogP contribution in [0.4, 0.5) is 5.82 Å². The maximum Gasteiger partial charge on any atom is 0.215 e. The SMILES string of the molecule is C=C(C)CCOc1cccc(NC(C)(C)C)n1. The molecule has 3 heteroatoms. The van der Waals surface area contributed by atoms with Crippen molar-refractivity contribution in [2.45, 2.75) is 39.7 Å². The smallest absolute Gasteiger partial charge is 0.215 e. The second kappa shape index (κ2) is 5.71. The Hall–Kier alpha value is -1.51. The molecular weight excluding hydrogens is 212 g/mol. The molecular formula is C14H22N2O. The largest absolute Gasteiger partial charge is 0.477 e. The van der Waals surface area contributed by atoms with E-state index in [1.54, 1.807) is 0 Å². The predicted molar refractivity (Wildman–Crippen MR) is 72.5 cm³/mol. The third kappa shape index (κ3) is 5.95. The van der Waals surface area contributed by atoms with Crippen LogP contribution in [0, 0.1) is 0 Å². The van der Waals surface area contributed by atoms with Crippen LogP contribution in [-0.4, -0.2) is 17.1 Å². The van der Waals surface area contributed by atoms with Crippen molar-refractivity contribution < 1.29 is 4.74 Å². The van der Waals surface area contributed by atoms with Gasteiger partial charge in [0, 0.05) is 18.0 Å². The first-order valence-corrected chi connectivity index (χ1v) is 5.89. The molecule has 1 rings (SSSR count). The van der Waals surface area contributed by atoms with Gasteiger partial charge in [0.1, 0.15) is 5.82 Å². The molecule has 0 atom stereocenters. The number of nitrogens with one attached hydrogen (secondary N) is 1. The highest BCUT2D eigenvalue weighted by atomic mass is 16.5. The molecule has 0 bridgehead atoms. The van der Waals surface area contributed by atoms with Crippen LogP contribution in [0.25, 0.3) is 0 Å². The Balaban J connectivity index is 2.57. The van der Waals surface area contributed by atoms with E-state index in [4.69, 9.17) is 4.74 Å². The van der Waals surface area contributed by atoms with E-state index in [-0.39, 0.29) is 5.54 Å². The molecule has 0 aliphatic carbocycles. The highest BCUT2D eigenvalue weighted by molar-refractivity contribution is 5.39. The van der Waals surface area contributed by atoms with Crippen molar-refractivity contribution in [3.05, 3.63) is 30.4 Å². The second-order valence-electron chi connectivity index (χ2n) is 5.29. The Kier molecular flexibility index (Phi) is 4.55. The van der Waals surface area contributed by atoms with Crippen LogP contribution < -0.4 is 10.1 Å². The van der Waals surface area contributed by atoms with Crippen molar-refractivity contribution in [3.63, 3.8) is 0 Å². The summed E-state index contributed by atoms with van der Waals surface area (Å²) in [6.45, 7) is 12.8. The van der Waals surface area contributed by atoms with Crippen molar-refractivity contribution in [3.8, 4) is 5.88 Å². The fourth-order valence-corrected chi connectivity index (χ4v) is 1.28. The molecule has 3 nitrogen and oxygen atoms in total. The molecule has 0 unspecified atom stereocenters. The summed E-state index contributed by atoms with van der Waals surface area (Å²) < 4.78 is 5.56. The fourth-order valence-electron chi connectivity index (χ4n) is 1.28. The molecule has 1 N–H and O–H groups in total. The van der Waals surface area contributed by atoms with Gasteiger partial charge in [-0.15, -0.1) is 6.58 Å². The first kappa shape index (κ1) is 13.6. The molecule has 0 aliphatic heterocycles. The van der Waals surface area contributed by atoms with Gasteiger partial charge >= 0.3 is 0 Å². The standard InChI is InChI=1S/C14H22N2O/c1-11(2)9-10-17-13-8-6-7-12(15-13)16-14(3,4)5/h6-8H,1,9-10H2,2-5H3,(H,15,16). The van der Waals surface area contributed by atoms with Gasteiger partial charge in [0.15, 0.2) is 0 Å². The van der Waals surface area contributed by atoms with Crippen LogP contribution in [0.15, 0.2) is 30.4 Å². The summed E-state index contributed by atoms with van der Waals surface area (Å²) in [7, 11) is 0. The van der Waals surface area contributed by atoms with Crippen LogP contribution in [0.1, 0.15) is 34.1 Å². The highest BCUT2D eigenvalue weighted by Crippen LogP contribution is 2.16. The minimum atomic E-state index is 0.00330. The summed E-state index contributed by atoms with van der Waals surface area (Å²) in [6, 6.07) is 5.75. The zero-order chi connectivity index (χ0) is 12.9. The maximum absolute atomic E-state index is 5.56. The summed E-state index contributed by atoms with van der Waals surface area (Å²) in [4.78, 5) is 4.39. The Morgan fingerprint density at radius 2 is 2.12 bits per heavy atom. The summed E-state index contributed by atoms with van der Waals surface area (Å²) in [5.74, 6) is 1.49. The van der Waals surface area contributed by atoms with Gasteiger partial charge in [0.2, 0.25) is 5.88 Å². The van der Waals surface area contributed by atoms with Crippen LogP contribution in [-0.2, 0) is 0 Å². The molecule has 0 fully saturated rings. The number of hydrogen-bond donors (Lipinski definition) is 1. The van der Waals surface area contributed by atoms with E-state index in [1.807, 2.05) is 25.1 Å². The number of aromatic nitrogens is 1. The van der Waals surface area contributed by atoms with E-state index in [9.17, 15) is 0 Å². The van der Waals surface area contributed by atoms with Gasteiger partial charge in [-0.2, -0.15) is 4.98 Å². The third-order valence-corrected chi connectivity index (χ3v) is 2.01. The van der Waals surface area contributed by atoms with Crippen molar-refractivity contribution in [2.24, 2.45) is 0 Å². The van der Waals surface area contributed by atoms with Gasteiger partial charge in [-0.3, -0.25) is 0 Å². The summed E-state index contributed by atoms with van der Waals surface area (Å²) >= 11 is 0. The molecule has 0 aliphatic rings. The molecule has 1 aromatic rings. The minimum Gasteiger partial charge on any atom is -0.477 e. The number of nitrogens with zero attached hydrogens (tertiary/aromatic N) is 1. The van der Waals surface area contributed by atoms with Gasteiger partial charge in [-0.25, -0.2) is 0 Å². The molecule has 1 aromatic heterocycles. The lowest BCUT2D eigenvalue weighted by Gasteiger charge is -2.21. The normalized spacial score (nSPS) is 11.1. The van der Waals surface area contributed by atoms with Crippen molar-refractivity contribution in [1.29, 1.82) is 0 Å². The quantitative estimate of drug-likeness (QED) is 0.790. The van der Waals surface area contributed by atoms with Gasteiger partial charge in [0.25, 0.3) is 0 Å². The van der Waals surface area contributed by atoms with E-state index < -0.39 is 0 Å². The number of ether oxygens (including phenoxy) is 1. The number of anilines is 1. The van der Waals surface area contributed by atoms with Crippen LogP contribution in [0.5, 0.6) is 5.88 Å². The van der Waals surface area contributed by atoms with Gasteiger partial charge in [-0.05, 0) is 33.8 Å². The van der Waals surface area contributed by atoms with E-state index in [0.29, 0.717) is 12.5 Å². The van der Waals surface area contributed by atoms with Crippen LogP contribution in [0.2, 0.25) is 0 Å². The first-order valence-electron chi connectivity index (χ1n) is 5.89. The number of hydrogen-bond acceptors (Lipinski definition) is 3. The topological polar surface area (TPSA) is 34.1 Å². The average molecular weight is 234 g/mol. The lowest BCUT2D eigenvalue weighted by molar-refractivity contribution is 0.309. The van der Waals surface area contributed by atoms with Crippen molar-refractivity contribution in [2.75, 3.05) is 11.9 Å². The summed E-state index contributed by atoms with van der Waals surface area (Å²) in [5, 5.41) is 3.31. The van der Waals surface area contributed by atoms with E-state index in [0.717, 1.165) is 17.8 Å². The van der Waals surface area contributed by atoms with E-state index >= 15 is 0 Å². The van der Waals surface area contributed by atoms with Crippen LogP contribution in [0.3, 0.4) is 0 Å². The second-order valence-corrected chi connectivity index (χ2v) is 5.29. The Labute approximate surface area is 104 Å². The molecule has 0 saturated carbocycles. The first-order chi connectivity index (χ1) is 7.87. The maximum atomic E-state index is 5.56. The molecule has 17 heavy (non-hydrogen) atoms. The van der Waals surface area contributed by atoms with Gasteiger partial charge < -0.3 is 10.1 Å². The Bertz CT molecular complexity index is 380. The van der Waals surface area contributed by atoms with Crippen molar-refractivity contribution in [1.82, 2.24) is 4.98 Å². The summed E-state index contributed by atoms with van der Waals surface area (Å²) in [6.07, 6.45) is 0.860. The van der Waals surface area contributed by atoms with Crippen LogP contribution >= 0.6 is 0 Å². The molecule has 0 spiro atoms. The molecule has 1 heterocycles. The lowest BCUT2D eigenvalue weighted by Crippen LogP contribution is -2.26. The Morgan fingerprint density at radius 3 is 2.71 bits per heavy atom. The lowest BCUT2D eigenvalue weighted by atomic mass is 10.1. The van der Waals surface area contributed by atoms with E-state index in [1.165, 1.54) is 0 Å². The van der Waals surface area contributed by atoms with Gasteiger partial charge in [-0.1, -0.05) is 11.6 Å². The average Bonchev–Trinajstić information content (AvgIpc) is 2.14. The zero-order valence-electron chi connectivity index (χ0n) is 11.2. The summed E-state index contributed by atoms with van der Waals surface area (Å²) in [5.41, 5.74) is 1.12. The monoisotopic (exact) mass is 234 g/mol. The Morgan fingerprint density at radius 1 is 1.41 bits per heavy atom. The molecule has 0 amide bonds. The number of rotatable bonds is 5. The zero-order valence-corrected chi connectivity index (χ0v) is 11.2. The fraction of sp³-hybridized carbons (Fsp3) is 0.500. The van der Waals surface area contributed by atoms with E-state index in [2.05, 4.69) is 37.7 Å². The third-order valence-electron chi connectivity index (χ3n) is 2.01. The molecule has 0 saturated heterocycles. The molecule has 0 radical (unpaired) electrons. The minimum absolute atomic E-state index is 0.00330. The molecule has 0 aromatic carbocycles.